The first kappa shape index (κ1) is 18.3. The minimum atomic E-state index is 0.534. The smallest absolute Gasteiger partial charge is 0.229 e. The van der Waals surface area contributed by atoms with Crippen molar-refractivity contribution in [3.63, 3.8) is 0 Å². The van der Waals surface area contributed by atoms with E-state index < -0.39 is 0 Å². The molecule has 0 aliphatic carbocycles. The van der Waals surface area contributed by atoms with Gasteiger partial charge in [-0.2, -0.15) is 4.98 Å². The molecule has 146 valence electrons. The molecule has 7 nitrogen and oxygen atoms in total. The molecule has 2 N–H and O–H groups in total. The van der Waals surface area contributed by atoms with E-state index in [1.54, 1.807) is 12.5 Å². The van der Waals surface area contributed by atoms with E-state index in [9.17, 15) is 0 Å². The Morgan fingerprint density at radius 1 is 1.07 bits per heavy atom. The first-order valence-corrected chi connectivity index (χ1v) is 9.67. The third kappa shape index (κ3) is 5.23. The van der Waals surface area contributed by atoms with Gasteiger partial charge in [-0.25, -0.2) is 4.98 Å². The van der Waals surface area contributed by atoms with E-state index in [2.05, 4.69) is 25.5 Å². The van der Waals surface area contributed by atoms with Crippen LogP contribution in [0.5, 0.6) is 5.75 Å². The number of likely N-dealkylation sites (tertiary alicyclic amines) is 1. The number of benzene rings is 1. The van der Waals surface area contributed by atoms with Gasteiger partial charge in [-0.15, -0.1) is 0 Å². The van der Waals surface area contributed by atoms with Crippen LogP contribution in [-0.4, -0.2) is 41.1 Å². The molecule has 2 aromatic heterocycles. The number of nitrogens with zero attached hydrogens (tertiary/aromatic N) is 3. The van der Waals surface area contributed by atoms with Crippen molar-refractivity contribution in [2.45, 2.75) is 19.4 Å². The molecule has 0 spiro atoms. The van der Waals surface area contributed by atoms with E-state index in [4.69, 9.17) is 9.15 Å². The van der Waals surface area contributed by atoms with Crippen molar-refractivity contribution >= 4 is 17.5 Å². The molecule has 1 aromatic carbocycles. The normalized spacial score (nSPS) is 14.1. The molecule has 28 heavy (non-hydrogen) atoms. The minimum absolute atomic E-state index is 0.534. The average Bonchev–Trinajstić information content (AvgIpc) is 3.42. The summed E-state index contributed by atoms with van der Waals surface area (Å²) in [5, 5.41) is 6.44. The second-order valence-electron chi connectivity index (χ2n) is 6.74. The molecule has 1 saturated heterocycles. The maximum absolute atomic E-state index is 5.84. The summed E-state index contributed by atoms with van der Waals surface area (Å²) < 4.78 is 11.2. The van der Waals surface area contributed by atoms with Gasteiger partial charge in [-0.3, -0.25) is 4.90 Å². The lowest BCUT2D eigenvalue weighted by Gasteiger charge is -2.15. The van der Waals surface area contributed by atoms with E-state index in [0.29, 0.717) is 12.5 Å². The predicted octanol–water partition coefficient (Wildman–Crippen LogP) is 3.90. The van der Waals surface area contributed by atoms with Crippen LogP contribution in [0.15, 0.2) is 59.3 Å². The summed E-state index contributed by atoms with van der Waals surface area (Å²) in [4.78, 5) is 11.2. The second-order valence-corrected chi connectivity index (χ2v) is 6.74. The van der Waals surface area contributed by atoms with Gasteiger partial charge in [0.2, 0.25) is 5.95 Å². The number of ether oxygens (including phenoxy) is 1. The number of aromatic nitrogens is 2. The van der Waals surface area contributed by atoms with Crippen LogP contribution < -0.4 is 15.4 Å². The number of hydrogen-bond acceptors (Lipinski definition) is 7. The number of hydrogen-bond donors (Lipinski definition) is 2. The summed E-state index contributed by atoms with van der Waals surface area (Å²) in [6.45, 7) is 4.68. The zero-order valence-electron chi connectivity index (χ0n) is 15.8. The largest absolute Gasteiger partial charge is 0.492 e. The van der Waals surface area contributed by atoms with Gasteiger partial charge in [0.05, 0.1) is 12.8 Å². The molecule has 1 fully saturated rings. The first-order valence-electron chi connectivity index (χ1n) is 9.67. The highest BCUT2D eigenvalue weighted by Gasteiger charge is 2.10. The lowest BCUT2D eigenvalue weighted by molar-refractivity contribution is 0.238. The van der Waals surface area contributed by atoms with E-state index in [1.807, 2.05) is 42.5 Å². The van der Waals surface area contributed by atoms with E-state index in [0.717, 1.165) is 36.2 Å². The highest BCUT2D eigenvalue weighted by atomic mass is 16.5. The van der Waals surface area contributed by atoms with E-state index in [-0.39, 0.29) is 0 Å². The Kier molecular flexibility index (Phi) is 6.04. The second kappa shape index (κ2) is 9.23. The Morgan fingerprint density at radius 3 is 2.71 bits per heavy atom. The molecule has 1 aliphatic rings. The molecule has 0 atom stereocenters. The van der Waals surface area contributed by atoms with Crippen molar-refractivity contribution in [3.05, 3.63) is 60.7 Å². The van der Waals surface area contributed by atoms with Gasteiger partial charge in [0, 0.05) is 18.4 Å². The Labute approximate surface area is 164 Å². The molecule has 1 aliphatic heterocycles. The predicted molar refractivity (Wildman–Crippen MR) is 109 cm³/mol. The van der Waals surface area contributed by atoms with E-state index in [1.165, 1.54) is 25.9 Å². The zero-order chi connectivity index (χ0) is 19.0. The highest BCUT2D eigenvalue weighted by Crippen LogP contribution is 2.19. The quantitative estimate of drug-likeness (QED) is 0.584. The highest BCUT2D eigenvalue weighted by molar-refractivity contribution is 5.55. The van der Waals surface area contributed by atoms with Crippen LogP contribution in [0.25, 0.3) is 0 Å². The molecule has 0 radical (unpaired) electrons. The van der Waals surface area contributed by atoms with Crippen molar-refractivity contribution in [2.75, 3.05) is 36.9 Å². The summed E-state index contributed by atoms with van der Waals surface area (Å²) >= 11 is 0. The van der Waals surface area contributed by atoms with Gasteiger partial charge in [-0.05, 0) is 68.4 Å². The van der Waals surface area contributed by atoms with Crippen LogP contribution >= 0.6 is 0 Å². The van der Waals surface area contributed by atoms with Gasteiger partial charge < -0.3 is 19.8 Å². The van der Waals surface area contributed by atoms with Gasteiger partial charge in [-0.1, -0.05) is 0 Å². The number of nitrogens with one attached hydrogen (secondary N) is 2. The van der Waals surface area contributed by atoms with Crippen molar-refractivity contribution < 1.29 is 9.15 Å². The summed E-state index contributed by atoms with van der Waals surface area (Å²) in [7, 11) is 0. The lowest BCUT2D eigenvalue weighted by atomic mass is 10.3. The fraction of sp³-hybridized carbons (Fsp3) is 0.333. The standard InChI is InChI=1S/C21H25N5O2/c1-2-12-26(11-1)13-15-28-18-7-5-17(6-8-18)24-21-22-10-9-20(25-21)23-16-19-4-3-14-27-19/h3-10,14H,1-2,11-13,15-16H2,(H2,22,23,24,25). The van der Waals surface area contributed by atoms with Gasteiger partial charge in [0.15, 0.2) is 0 Å². The van der Waals surface area contributed by atoms with Gasteiger partial charge >= 0.3 is 0 Å². The lowest BCUT2D eigenvalue weighted by Crippen LogP contribution is -2.25. The first-order chi connectivity index (χ1) is 13.8. The number of furan rings is 1. The fourth-order valence-corrected chi connectivity index (χ4v) is 3.17. The monoisotopic (exact) mass is 379 g/mol. The SMILES string of the molecule is c1coc(CNc2ccnc(Nc3ccc(OCCN4CCCC4)cc3)n2)c1. The molecular weight excluding hydrogens is 354 g/mol. The molecule has 0 unspecified atom stereocenters. The Morgan fingerprint density at radius 2 is 1.93 bits per heavy atom. The van der Waals surface area contributed by atoms with E-state index >= 15 is 0 Å². The molecular formula is C21H25N5O2. The van der Waals surface area contributed by atoms with Crippen LogP contribution in [0.2, 0.25) is 0 Å². The topological polar surface area (TPSA) is 75.5 Å². The maximum atomic E-state index is 5.84. The van der Waals surface area contributed by atoms with Crippen molar-refractivity contribution in [1.82, 2.24) is 14.9 Å². The van der Waals surface area contributed by atoms with Crippen molar-refractivity contribution in [3.8, 4) is 5.75 Å². The van der Waals surface area contributed by atoms with Crippen molar-refractivity contribution in [2.24, 2.45) is 0 Å². The third-order valence-electron chi connectivity index (χ3n) is 4.66. The van der Waals surface area contributed by atoms with Gasteiger partial charge in [0.25, 0.3) is 0 Å². The fourth-order valence-electron chi connectivity index (χ4n) is 3.17. The molecule has 7 heteroatoms. The number of rotatable bonds is 9. The Bertz CT molecular complexity index is 845. The van der Waals surface area contributed by atoms with Gasteiger partial charge in [0.1, 0.15) is 23.9 Å². The van der Waals surface area contributed by atoms with Crippen LogP contribution in [0, 0.1) is 0 Å². The molecule has 0 bridgehead atoms. The minimum Gasteiger partial charge on any atom is -0.492 e. The average molecular weight is 379 g/mol. The molecule has 0 saturated carbocycles. The summed E-state index contributed by atoms with van der Waals surface area (Å²) in [6, 6.07) is 13.5. The van der Waals surface area contributed by atoms with Crippen molar-refractivity contribution in [1.29, 1.82) is 0 Å². The third-order valence-corrected chi connectivity index (χ3v) is 4.66. The summed E-state index contributed by atoms with van der Waals surface area (Å²) in [5.74, 6) is 3.00. The van der Waals surface area contributed by atoms with Crippen LogP contribution in [0.3, 0.4) is 0 Å². The summed E-state index contributed by atoms with van der Waals surface area (Å²) in [6.07, 6.45) is 5.99. The van der Waals surface area contributed by atoms with Crippen LogP contribution in [-0.2, 0) is 6.54 Å². The van der Waals surface area contributed by atoms with Crippen LogP contribution in [0.4, 0.5) is 17.5 Å². The molecule has 4 rings (SSSR count). The Balaban J connectivity index is 1.27. The number of anilines is 3. The van der Waals surface area contributed by atoms with Crippen LogP contribution in [0.1, 0.15) is 18.6 Å². The summed E-state index contributed by atoms with van der Waals surface area (Å²) in [5.41, 5.74) is 0.912. The Hall–Kier alpha value is -3.06. The molecule has 0 amide bonds. The molecule has 3 heterocycles. The molecule has 3 aromatic rings. The maximum Gasteiger partial charge on any atom is 0.229 e. The zero-order valence-corrected chi connectivity index (χ0v) is 15.8.